The van der Waals surface area contributed by atoms with Crippen molar-refractivity contribution in [3.63, 3.8) is 0 Å². The van der Waals surface area contributed by atoms with Gasteiger partial charge in [-0.2, -0.15) is 0 Å². The van der Waals surface area contributed by atoms with Crippen molar-refractivity contribution >= 4 is 9.84 Å². The summed E-state index contributed by atoms with van der Waals surface area (Å²) in [4.78, 5) is 0. The second-order valence-electron chi connectivity index (χ2n) is 5.80. The summed E-state index contributed by atoms with van der Waals surface area (Å²) in [6.45, 7) is 8.79. The van der Waals surface area contributed by atoms with Gasteiger partial charge in [0, 0.05) is 13.2 Å². The molecular weight excluding hydrogens is 250 g/mol. The molecule has 0 aliphatic rings. The highest BCUT2D eigenvalue weighted by Gasteiger charge is 2.28. The van der Waals surface area contributed by atoms with Gasteiger partial charge in [-0.15, -0.1) is 0 Å². The van der Waals surface area contributed by atoms with E-state index in [2.05, 4.69) is 12.2 Å². The van der Waals surface area contributed by atoms with Crippen LogP contribution in [-0.4, -0.2) is 43.7 Å². The molecule has 2 N–H and O–H groups in total. The Morgan fingerprint density at radius 2 is 1.83 bits per heavy atom. The Hall–Kier alpha value is -0.130. The van der Waals surface area contributed by atoms with Gasteiger partial charge in [0.2, 0.25) is 0 Å². The van der Waals surface area contributed by atoms with Crippen LogP contribution in [0.2, 0.25) is 0 Å². The first-order valence-corrected chi connectivity index (χ1v) is 8.43. The molecule has 0 bridgehead atoms. The number of sulfone groups is 1. The summed E-state index contributed by atoms with van der Waals surface area (Å²) < 4.78 is 23.1. The maximum absolute atomic E-state index is 11.9. The van der Waals surface area contributed by atoms with E-state index >= 15 is 0 Å². The molecule has 0 radical (unpaired) electrons. The van der Waals surface area contributed by atoms with Crippen molar-refractivity contribution in [2.45, 2.75) is 51.7 Å². The first-order valence-electron chi connectivity index (χ1n) is 6.78. The van der Waals surface area contributed by atoms with E-state index in [1.165, 1.54) is 0 Å². The van der Waals surface area contributed by atoms with E-state index in [1.54, 1.807) is 20.8 Å². The highest BCUT2D eigenvalue weighted by molar-refractivity contribution is 7.92. The maximum Gasteiger partial charge on any atom is 0.156 e. The van der Waals surface area contributed by atoms with Gasteiger partial charge >= 0.3 is 0 Å². The molecule has 0 aliphatic heterocycles. The Kier molecular flexibility index (Phi) is 8.06. The minimum absolute atomic E-state index is 0.175. The van der Waals surface area contributed by atoms with Crippen LogP contribution in [0.15, 0.2) is 0 Å². The second-order valence-corrected chi connectivity index (χ2v) is 8.66. The number of hydrogen-bond acceptors (Lipinski definition) is 4. The smallest absolute Gasteiger partial charge is 0.156 e. The van der Waals surface area contributed by atoms with E-state index in [1.807, 2.05) is 0 Å². The summed E-state index contributed by atoms with van der Waals surface area (Å²) >= 11 is 0. The molecule has 0 amide bonds. The summed E-state index contributed by atoms with van der Waals surface area (Å²) in [7, 11) is -3.03. The van der Waals surface area contributed by atoms with Crippen molar-refractivity contribution in [3.05, 3.63) is 0 Å². The third kappa shape index (κ3) is 6.71. The van der Waals surface area contributed by atoms with Crippen LogP contribution in [0.5, 0.6) is 0 Å². The van der Waals surface area contributed by atoms with Crippen LogP contribution in [0.3, 0.4) is 0 Å². The van der Waals surface area contributed by atoms with Crippen molar-refractivity contribution in [1.29, 1.82) is 0 Å². The first kappa shape index (κ1) is 17.9. The second kappa shape index (κ2) is 8.12. The van der Waals surface area contributed by atoms with Crippen LogP contribution in [0.25, 0.3) is 0 Å². The van der Waals surface area contributed by atoms with Gasteiger partial charge in [0.1, 0.15) is 0 Å². The van der Waals surface area contributed by atoms with E-state index in [0.29, 0.717) is 12.5 Å². The van der Waals surface area contributed by atoms with Gasteiger partial charge in [-0.25, -0.2) is 8.42 Å². The van der Waals surface area contributed by atoms with Gasteiger partial charge in [-0.3, -0.25) is 0 Å². The summed E-state index contributed by atoms with van der Waals surface area (Å²) in [5.41, 5.74) is 0. The van der Waals surface area contributed by atoms with E-state index in [4.69, 9.17) is 5.11 Å². The van der Waals surface area contributed by atoms with Crippen LogP contribution in [0.4, 0.5) is 0 Å². The maximum atomic E-state index is 11.9. The number of aliphatic hydroxyl groups is 1. The monoisotopic (exact) mass is 279 g/mol. The van der Waals surface area contributed by atoms with Crippen molar-refractivity contribution in [2.24, 2.45) is 5.92 Å². The summed E-state index contributed by atoms with van der Waals surface area (Å²) in [6, 6.07) is 0. The first-order chi connectivity index (χ1) is 8.24. The molecule has 0 saturated carbocycles. The quantitative estimate of drug-likeness (QED) is 0.629. The molecule has 5 heteroatoms. The fourth-order valence-electron chi connectivity index (χ4n) is 1.76. The molecule has 0 saturated heterocycles. The molecule has 0 heterocycles. The highest BCUT2D eigenvalue weighted by Crippen LogP contribution is 2.15. The van der Waals surface area contributed by atoms with Crippen molar-refractivity contribution < 1.29 is 13.5 Å². The van der Waals surface area contributed by atoms with Gasteiger partial charge < -0.3 is 10.4 Å². The minimum Gasteiger partial charge on any atom is -0.396 e. The summed E-state index contributed by atoms with van der Waals surface area (Å²) in [5, 5.41) is 12.1. The van der Waals surface area contributed by atoms with E-state index in [9.17, 15) is 8.42 Å². The standard InChI is InChI=1S/C13H29NO3S/c1-5-6-12(7-9-15)11-14-8-10-18(16,17)13(2,3)4/h12,14-15H,5-11H2,1-4H3. The molecule has 110 valence electrons. The lowest BCUT2D eigenvalue weighted by Crippen LogP contribution is -2.36. The van der Waals surface area contributed by atoms with E-state index in [-0.39, 0.29) is 12.4 Å². The molecule has 0 fully saturated rings. The predicted octanol–water partition coefficient (Wildman–Crippen LogP) is 1.59. The van der Waals surface area contributed by atoms with Gasteiger partial charge in [-0.05, 0) is 46.1 Å². The molecule has 4 nitrogen and oxygen atoms in total. The number of aliphatic hydroxyl groups excluding tert-OH is 1. The molecule has 0 rings (SSSR count). The number of rotatable bonds is 9. The van der Waals surface area contributed by atoms with Crippen LogP contribution in [-0.2, 0) is 9.84 Å². The molecule has 18 heavy (non-hydrogen) atoms. The zero-order valence-corrected chi connectivity index (χ0v) is 13.0. The van der Waals surface area contributed by atoms with E-state index in [0.717, 1.165) is 25.8 Å². The largest absolute Gasteiger partial charge is 0.396 e. The van der Waals surface area contributed by atoms with Gasteiger partial charge in [0.15, 0.2) is 9.84 Å². The topological polar surface area (TPSA) is 66.4 Å². The van der Waals surface area contributed by atoms with Crippen LogP contribution in [0, 0.1) is 5.92 Å². The van der Waals surface area contributed by atoms with E-state index < -0.39 is 14.6 Å². The minimum atomic E-state index is -3.03. The van der Waals surface area contributed by atoms with Crippen molar-refractivity contribution in [1.82, 2.24) is 5.32 Å². The third-order valence-electron chi connectivity index (χ3n) is 3.15. The summed E-state index contributed by atoms with van der Waals surface area (Å²) in [5.74, 6) is 0.617. The normalized spacial score (nSPS) is 14.7. The Morgan fingerprint density at radius 3 is 2.28 bits per heavy atom. The Balaban J connectivity index is 3.98. The molecule has 0 aromatic heterocycles. The molecule has 1 atom stereocenters. The lowest BCUT2D eigenvalue weighted by Gasteiger charge is -2.20. The third-order valence-corrected chi connectivity index (χ3v) is 5.76. The Morgan fingerprint density at radius 1 is 1.22 bits per heavy atom. The lowest BCUT2D eigenvalue weighted by molar-refractivity contribution is 0.248. The zero-order valence-electron chi connectivity index (χ0n) is 12.2. The molecule has 0 aliphatic carbocycles. The van der Waals surface area contributed by atoms with Crippen LogP contribution < -0.4 is 5.32 Å². The summed E-state index contributed by atoms with van der Waals surface area (Å²) in [6.07, 6.45) is 2.94. The molecule has 1 unspecified atom stereocenters. The molecular formula is C13H29NO3S. The van der Waals surface area contributed by atoms with Gasteiger partial charge in [-0.1, -0.05) is 13.3 Å². The SMILES string of the molecule is CCCC(CCO)CNCCS(=O)(=O)C(C)(C)C. The Labute approximate surface area is 112 Å². The van der Waals surface area contributed by atoms with Crippen LogP contribution >= 0.6 is 0 Å². The average Bonchev–Trinajstić information content (AvgIpc) is 2.23. The van der Waals surface area contributed by atoms with Gasteiger partial charge in [0.05, 0.1) is 10.5 Å². The highest BCUT2D eigenvalue weighted by atomic mass is 32.2. The van der Waals surface area contributed by atoms with Crippen molar-refractivity contribution in [2.75, 3.05) is 25.4 Å². The zero-order chi connectivity index (χ0) is 14.2. The molecule has 0 aromatic rings. The lowest BCUT2D eigenvalue weighted by atomic mass is 10.0. The van der Waals surface area contributed by atoms with Gasteiger partial charge in [0.25, 0.3) is 0 Å². The fourth-order valence-corrected chi connectivity index (χ4v) is 2.78. The Bertz CT molecular complexity index is 301. The molecule has 0 aromatic carbocycles. The fraction of sp³-hybridized carbons (Fsp3) is 1.00. The predicted molar refractivity (Wildman–Crippen MR) is 76.5 cm³/mol. The number of nitrogens with one attached hydrogen (secondary N) is 1. The number of hydrogen-bond donors (Lipinski definition) is 2. The molecule has 0 spiro atoms. The average molecular weight is 279 g/mol. The van der Waals surface area contributed by atoms with Crippen LogP contribution in [0.1, 0.15) is 47.0 Å². The van der Waals surface area contributed by atoms with Crippen molar-refractivity contribution in [3.8, 4) is 0 Å².